The maximum Gasteiger partial charge on any atom is 0.258 e. The minimum atomic E-state index is -0.249. The molecular weight excluding hydrogens is 340 g/mol. The molecule has 0 aliphatic rings. The molecule has 2 N–H and O–H groups in total. The number of benzene rings is 2. The van der Waals surface area contributed by atoms with E-state index in [2.05, 4.69) is 20.6 Å². The highest BCUT2D eigenvalue weighted by molar-refractivity contribution is 6.03. The maximum atomic E-state index is 12.3. The summed E-state index contributed by atoms with van der Waals surface area (Å²) in [4.78, 5) is 20.7. The molecule has 1 heterocycles. The summed E-state index contributed by atoms with van der Waals surface area (Å²) in [5, 5.41) is 5.92. The quantitative estimate of drug-likeness (QED) is 0.672. The van der Waals surface area contributed by atoms with Crippen LogP contribution in [0.15, 0.2) is 60.9 Å². The highest BCUT2D eigenvalue weighted by Crippen LogP contribution is 2.19. The van der Waals surface area contributed by atoms with Crippen molar-refractivity contribution < 1.29 is 9.53 Å². The second-order valence-electron chi connectivity index (χ2n) is 6.43. The SMILES string of the molecule is Cc1ccc(NC(=O)c2cnc(Nc3ccc(OC(C)C)cc3)nc2)cc1. The van der Waals surface area contributed by atoms with Crippen molar-refractivity contribution in [2.75, 3.05) is 10.6 Å². The third-order valence-corrected chi connectivity index (χ3v) is 3.71. The van der Waals surface area contributed by atoms with E-state index in [-0.39, 0.29) is 12.0 Å². The van der Waals surface area contributed by atoms with Crippen molar-refractivity contribution in [3.8, 4) is 5.75 Å². The van der Waals surface area contributed by atoms with Gasteiger partial charge in [0, 0.05) is 23.8 Å². The molecule has 0 aliphatic carbocycles. The Morgan fingerprint density at radius 1 is 0.926 bits per heavy atom. The molecule has 138 valence electrons. The minimum Gasteiger partial charge on any atom is -0.491 e. The normalized spacial score (nSPS) is 10.5. The molecule has 0 unspecified atom stereocenters. The largest absolute Gasteiger partial charge is 0.491 e. The maximum absolute atomic E-state index is 12.3. The average molecular weight is 362 g/mol. The highest BCUT2D eigenvalue weighted by atomic mass is 16.5. The van der Waals surface area contributed by atoms with E-state index in [1.807, 2.05) is 69.3 Å². The summed E-state index contributed by atoms with van der Waals surface area (Å²) < 4.78 is 5.61. The third-order valence-electron chi connectivity index (χ3n) is 3.71. The average Bonchev–Trinajstić information content (AvgIpc) is 2.65. The molecule has 3 rings (SSSR count). The molecule has 2 aromatic carbocycles. The van der Waals surface area contributed by atoms with Crippen LogP contribution in [0.3, 0.4) is 0 Å². The zero-order valence-corrected chi connectivity index (χ0v) is 15.6. The molecule has 0 saturated carbocycles. The second kappa shape index (κ2) is 8.31. The molecule has 6 nitrogen and oxygen atoms in total. The molecule has 1 aromatic heterocycles. The van der Waals surface area contributed by atoms with E-state index in [1.165, 1.54) is 12.4 Å². The van der Waals surface area contributed by atoms with Gasteiger partial charge in [-0.05, 0) is 57.2 Å². The number of hydrogen-bond acceptors (Lipinski definition) is 5. The fourth-order valence-electron chi connectivity index (χ4n) is 2.37. The van der Waals surface area contributed by atoms with Gasteiger partial charge in [0.1, 0.15) is 5.75 Å². The lowest BCUT2D eigenvalue weighted by Crippen LogP contribution is -2.13. The van der Waals surface area contributed by atoms with E-state index < -0.39 is 0 Å². The summed E-state index contributed by atoms with van der Waals surface area (Å²) >= 11 is 0. The zero-order valence-electron chi connectivity index (χ0n) is 15.6. The fourth-order valence-corrected chi connectivity index (χ4v) is 2.37. The van der Waals surface area contributed by atoms with Gasteiger partial charge in [0.05, 0.1) is 11.7 Å². The van der Waals surface area contributed by atoms with Gasteiger partial charge in [0.25, 0.3) is 5.91 Å². The van der Waals surface area contributed by atoms with Gasteiger partial charge in [-0.3, -0.25) is 4.79 Å². The van der Waals surface area contributed by atoms with Crippen LogP contribution < -0.4 is 15.4 Å². The summed E-state index contributed by atoms with van der Waals surface area (Å²) in [5.74, 6) is 0.972. The van der Waals surface area contributed by atoms with Crippen LogP contribution in [0.4, 0.5) is 17.3 Å². The Balaban J connectivity index is 1.61. The number of ether oxygens (including phenoxy) is 1. The number of aryl methyl sites for hydroxylation is 1. The summed E-state index contributed by atoms with van der Waals surface area (Å²) in [6.07, 6.45) is 3.12. The molecule has 0 fully saturated rings. The van der Waals surface area contributed by atoms with Crippen LogP contribution in [-0.2, 0) is 0 Å². The standard InChI is InChI=1S/C21H22N4O2/c1-14(2)27-19-10-8-18(9-11-19)25-21-22-12-16(13-23-21)20(26)24-17-6-4-15(3)5-7-17/h4-14H,1-3H3,(H,24,26)(H,22,23,25). The van der Waals surface area contributed by atoms with Crippen molar-refractivity contribution in [2.24, 2.45) is 0 Å². The lowest BCUT2D eigenvalue weighted by atomic mass is 10.2. The van der Waals surface area contributed by atoms with E-state index in [0.717, 1.165) is 22.7 Å². The number of carbonyl (C=O) groups excluding carboxylic acids is 1. The van der Waals surface area contributed by atoms with Gasteiger partial charge in [0.15, 0.2) is 0 Å². The Morgan fingerprint density at radius 3 is 2.11 bits per heavy atom. The Labute approximate surface area is 158 Å². The van der Waals surface area contributed by atoms with E-state index in [0.29, 0.717) is 11.5 Å². The summed E-state index contributed by atoms with van der Waals surface area (Å²) in [7, 11) is 0. The number of aromatic nitrogens is 2. The molecule has 27 heavy (non-hydrogen) atoms. The van der Waals surface area contributed by atoms with Crippen molar-refractivity contribution in [3.05, 3.63) is 72.1 Å². The molecule has 1 amide bonds. The van der Waals surface area contributed by atoms with Gasteiger partial charge in [-0.1, -0.05) is 17.7 Å². The van der Waals surface area contributed by atoms with Crippen molar-refractivity contribution in [1.29, 1.82) is 0 Å². The summed E-state index contributed by atoms with van der Waals surface area (Å²) in [5.41, 5.74) is 3.09. The van der Waals surface area contributed by atoms with Crippen LogP contribution in [-0.4, -0.2) is 22.0 Å². The van der Waals surface area contributed by atoms with Crippen molar-refractivity contribution in [3.63, 3.8) is 0 Å². The number of anilines is 3. The van der Waals surface area contributed by atoms with Crippen LogP contribution >= 0.6 is 0 Å². The number of hydrogen-bond donors (Lipinski definition) is 2. The Kier molecular flexibility index (Phi) is 5.66. The first-order chi connectivity index (χ1) is 13.0. The van der Waals surface area contributed by atoms with Gasteiger partial charge in [0.2, 0.25) is 5.95 Å². The van der Waals surface area contributed by atoms with Gasteiger partial charge >= 0.3 is 0 Å². The first-order valence-corrected chi connectivity index (χ1v) is 8.73. The van der Waals surface area contributed by atoms with Crippen LogP contribution in [0, 0.1) is 6.92 Å². The smallest absolute Gasteiger partial charge is 0.258 e. The van der Waals surface area contributed by atoms with Gasteiger partial charge in [-0.15, -0.1) is 0 Å². The molecule has 3 aromatic rings. The van der Waals surface area contributed by atoms with Crippen LogP contribution in [0.2, 0.25) is 0 Å². The van der Waals surface area contributed by atoms with Crippen LogP contribution in [0.1, 0.15) is 29.8 Å². The molecule has 0 atom stereocenters. The van der Waals surface area contributed by atoms with Crippen molar-refractivity contribution in [1.82, 2.24) is 9.97 Å². The zero-order chi connectivity index (χ0) is 19.2. The highest BCUT2D eigenvalue weighted by Gasteiger charge is 2.08. The molecular formula is C21H22N4O2. The van der Waals surface area contributed by atoms with Crippen molar-refractivity contribution in [2.45, 2.75) is 26.9 Å². The first-order valence-electron chi connectivity index (χ1n) is 8.73. The topological polar surface area (TPSA) is 76.1 Å². The number of carbonyl (C=O) groups is 1. The first kappa shape index (κ1) is 18.4. The molecule has 0 bridgehead atoms. The monoisotopic (exact) mass is 362 g/mol. The molecule has 0 aliphatic heterocycles. The molecule has 0 saturated heterocycles. The predicted octanol–water partition coefficient (Wildman–Crippen LogP) is 4.57. The van der Waals surface area contributed by atoms with Crippen molar-refractivity contribution >= 4 is 23.2 Å². The molecule has 6 heteroatoms. The van der Waals surface area contributed by atoms with E-state index in [4.69, 9.17) is 4.74 Å². The Hall–Kier alpha value is -3.41. The lowest BCUT2D eigenvalue weighted by Gasteiger charge is -2.10. The number of nitrogens with one attached hydrogen (secondary N) is 2. The Morgan fingerprint density at radius 2 is 1.52 bits per heavy atom. The number of nitrogens with zero attached hydrogens (tertiary/aromatic N) is 2. The number of rotatable bonds is 6. The second-order valence-corrected chi connectivity index (χ2v) is 6.43. The van der Waals surface area contributed by atoms with E-state index in [9.17, 15) is 4.79 Å². The van der Waals surface area contributed by atoms with Crippen LogP contribution in [0.5, 0.6) is 5.75 Å². The lowest BCUT2D eigenvalue weighted by molar-refractivity contribution is 0.102. The van der Waals surface area contributed by atoms with Crippen LogP contribution in [0.25, 0.3) is 0 Å². The van der Waals surface area contributed by atoms with Gasteiger partial charge in [-0.2, -0.15) is 0 Å². The summed E-state index contributed by atoms with van der Waals surface area (Å²) in [6.45, 7) is 5.96. The number of amides is 1. The minimum absolute atomic E-state index is 0.130. The van der Waals surface area contributed by atoms with Gasteiger partial charge in [-0.25, -0.2) is 9.97 Å². The third kappa shape index (κ3) is 5.28. The van der Waals surface area contributed by atoms with E-state index >= 15 is 0 Å². The van der Waals surface area contributed by atoms with Gasteiger partial charge < -0.3 is 15.4 Å². The Bertz CT molecular complexity index is 889. The fraction of sp³-hybridized carbons (Fsp3) is 0.190. The predicted molar refractivity (Wildman–Crippen MR) is 107 cm³/mol. The molecule has 0 spiro atoms. The summed E-state index contributed by atoms with van der Waals surface area (Å²) in [6, 6.07) is 15.1. The van der Waals surface area contributed by atoms with E-state index in [1.54, 1.807) is 0 Å². The molecule has 0 radical (unpaired) electrons.